The lowest BCUT2D eigenvalue weighted by Crippen LogP contribution is -2.26. The number of amides is 1. The fourth-order valence-corrected chi connectivity index (χ4v) is 2.32. The lowest BCUT2D eigenvalue weighted by atomic mass is 10.1. The first-order valence-corrected chi connectivity index (χ1v) is 8.65. The Balaban J connectivity index is 1.74. The molecule has 6 heteroatoms. The van der Waals surface area contributed by atoms with Crippen LogP contribution >= 0.6 is 11.6 Å². The summed E-state index contributed by atoms with van der Waals surface area (Å²) in [7, 11) is 0. The van der Waals surface area contributed by atoms with E-state index in [0.717, 1.165) is 24.9 Å². The number of anilines is 1. The van der Waals surface area contributed by atoms with Crippen LogP contribution in [0.5, 0.6) is 0 Å². The zero-order valence-electron chi connectivity index (χ0n) is 13.9. The SMILES string of the molecule is CCCCCNc1cnc(C(=O)NCCc2ccc(Cl)cc2)cn1. The number of hydrogen-bond acceptors (Lipinski definition) is 4. The summed E-state index contributed by atoms with van der Waals surface area (Å²) in [5, 5.41) is 6.75. The number of hydrogen-bond donors (Lipinski definition) is 2. The Kier molecular flexibility index (Phi) is 7.49. The summed E-state index contributed by atoms with van der Waals surface area (Å²) in [6, 6.07) is 7.59. The number of aromatic nitrogens is 2. The van der Waals surface area contributed by atoms with Gasteiger partial charge in [0.05, 0.1) is 12.4 Å². The van der Waals surface area contributed by atoms with Crippen molar-refractivity contribution in [2.75, 3.05) is 18.4 Å². The topological polar surface area (TPSA) is 66.9 Å². The molecule has 0 radical (unpaired) electrons. The monoisotopic (exact) mass is 346 g/mol. The van der Waals surface area contributed by atoms with Crippen molar-refractivity contribution in [3.05, 3.63) is 52.9 Å². The smallest absolute Gasteiger partial charge is 0.271 e. The summed E-state index contributed by atoms with van der Waals surface area (Å²) in [5.41, 5.74) is 1.45. The Labute approximate surface area is 147 Å². The average Bonchev–Trinajstić information content (AvgIpc) is 2.61. The molecule has 0 unspecified atom stereocenters. The van der Waals surface area contributed by atoms with Gasteiger partial charge in [-0.25, -0.2) is 9.97 Å². The molecule has 5 nitrogen and oxygen atoms in total. The molecule has 0 spiro atoms. The minimum absolute atomic E-state index is 0.214. The van der Waals surface area contributed by atoms with E-state index in [2.05, 4.69) is 27.5 Å². The van der Waals surface area contributed by atoms with Crippen LogP contribution in [0.1, 0.15) is 42.2 Å². The van der Waals surface area contributed by atoms with Crippen molar-refractivity contribution in [3.8, 4) is 0 Å². The molecule has 128 valence electrons. The Hall–Kier alpha value is -2.14. The first kappa shape index (κ1) is 18.2. The van der Waals surface area contributed by atoms with Crippen LogP contribution in [0.15, 0.2) is 36.7 Å². The summed E-state index contributed by atoms with van der Waals surface area (Å²) < 4.78 is 0. The van der Waals surface area contributed by atoms with E-state index < -0.39 is 0 Å². The van der Waals surface area contributed by atoms with Crippen LogP contribution in [0, 0.1) is 0 Å². The summed E-state index contributed by atoms with van der Waals surface area (Å²) in [6.07, 6.45) is 7.31. The number of benzene rings is 1. The summed E-state index contributed by atoms with van der Waals surface area (Å²) in [6.45, 7) is 3.58. The Morgan fingerprint density at radius 2 is 1.88 bits per heavy atom. The molecule has 1 heterocycles. The molecule has 0 atom stereocenters. The standard InChI is InChI=1S/C18H23ClN4O/c1-2-3-4-10-20-17-13-22-16(12-23-17)18(24)21-11-9-14-5-7-15(19)8-6-14/h5-8,12-13H,2-4,9-11H2,1H3,(H,20,23)(H,21,24). The van der Waals surface area contributed by atoms with Crippen molar-refractivity contribution in [1.82, 2.24) is 15.3 Å². The van der Waals surface area contributed by atoms with Crippen LogP contribution in [0.4, 0.5) is 5.82 Å². The summed E-state index contributed by atoms with van der Waals surface area (Å²) in [4.78, 5) is 20.4. The van der Waals surface area contributed by atoms with Gasteiger partial charge in [-0.05, 0) is 30.5 Å². The predicted octanol–water partition coefficient (Wildman–Crippen LogP) is 3.70. The van der Waals surface area contributed by atoms with Crippen molar-refractivity contribution in [2.45, 2.75) is 32.6 Å². The van der Waals surface area contributed by atoms with Gasteiger partial charge in [0.15, 0.2) is 0 Å². The highest BCUT2D eigenvalue weighted by atomic mass is 35.5. The number of carbonyl (C=O) groups excluding carboxylic acids is 1. The molecule has 0 aliphatic heterocycles. The minimum atomic E-state index is -0.214. The third-order valence-corrected chi connectivity index (χ3v) is 3.84. The predicted molar refractivity (Wildman–Crippen MR) is 97.5 cm³/mol. The summed E-state index contributed by atoms with van der Waals surface area (Å²) in [5.74, 6) is 0.484. The molecule has 1 amide bonds. The molecule has 2 rings (SSSR count). The molecule has 0 saturated carbocycles. The maximum atomic E-state index is 12.0. The van der Waals surface area contributed by atoms with Gasteiger partial charge < -0.3 is 10.6 Å². The second-order valence-corrected chi connectivity index (χ2v) is 5.99. The molecule has 2 aromatic rings. The molecule has 0 fully saturated rings. The maximum Gasteiger partial charge on any atom is 0.271 e. The van der Waals surface area contributed by atoms with E-state index in [0.29, 0.717) is 23.1 Å². The average molecular weight is 347 g/mol. The molecule has 0 aliphatic rings. The lowest BCUT2D eigenvalue weighted by molar-refractivity contribution is 0.0949. The first-order valence-electron chi connectivity index (χ1n) is 8.27. The van der Waals surface area contributed by atoms with E-state index in [1.54, 1.807) is 6.20 Å². The molecule has 0 aliphatic carbocycles. The van der Waals surface area contributed by atoms with E-state index in [1.807, 2.05) is 24.3 Å². The van der Waals surface area contributed by atoms with E-state index in [-0.39, 0.29) is 5.91 Å². The molecule has 0 saturated heterocycles. The molecule has 1 aromatic heterocycles. The number of nitrogens with one attached hydrogen (secondary N) is 2. The molecule has 1 aromatic carbocycles. The van der Waals surface area contributed by atoms with Gasteiger partial charge in [0.1, 0.15) is 11.5 Å². The van der Waals surface area contributed by atoms with Gasteiger partial charge in [-0.3, -0.25) is 4.79 Å². The number of unbranched alkanes of at least 4 members (excludes halogenated alkanes) is 2. The third-order valence-electron chi connectivity index (χ3n) is 3.58. The second kappa shape index (κ2) is 9.88. The molecular formula is C18H23ClN4O. The van der Waals surface area contributed by atoms with Crippen LogP contribution < -0.4 is 10.6 Å². The van der Waals surface area contributed by atoms with E-state index in [9.17, 15) is 4.79 Å². The number of rotatable bonds is 9. The molecule has 2 N–H and O–H groups in total. The van der Waals surface area contributed by atoms with Crippen molar-refractivity contribution in [2.24, 2.45) is 0 Å². The van der Waals surface area contributed by atoms with Crippen LogP contribution in [0.2, 0.25) is 5.02 Å². The Bertz CT molecular complexity index is 628. The first-order chi connectivity index (χ1) is 11.7. The highest BCUT2D eigenvalue weighted by molar-refractivity contribution is 6.30. The fourth-order valence-electron chi connectivity index (χ4n) is 2.19. The minimum Gasteiger partial charge on any atom is -0.369 e. The van der Waals surface area contributed by atoms with Gasteiger partial charge in [-0.15, -0.1) is 0 Å². The fraction of sp³-hybridized carbons (Fsp3) is 0.389. The Morgan fingerprint density at radius 3 is 2.54 bits per heavy atom. The van der Waals surface area contributed by atoms with E-state index in [4.69, 9.17) is 11.6 Å². The van der Waals surface area contributed by atoms with Crippen LogP contribution in [-0.2, 0) is 6.42 Å². The molecule has 0 bridgehead atoms. The van der Waals surface area contributed by atoms with Crippen LogP contribution in [-0.4, -0.2) is 29.0 Å². The van der Waals surface area contributed by atoms with E-state index in [1.165, 1.54) is 19.0 Å². The van der Waals surface area contributed by atoms with Gasteiger partial charge in [0.2, 0.25) is 0 Å². The number of carbonyl (C=O) groups is 1. The highest BCUT2D eigenvalue weighted by Gasteiger charge is 2.07. The van der Waals surface area contributed by atoms with Gasteiger partial charge in [0.25, 0.3) is 5.91 Å². The quantitative estimate of drug-likeness (QED) is 0.679. The van der Waals surface area contributed by atoms with Crippen molar-refractivity contribution < 1.29 is 4.79 Å². The largest absolute Gasteiger partial charge is 0.369 e. The van der Waals surface area contributed by atoms with Crippen LogP contribution in [0.3, 0.4) is 0 Å². The van der Waals surface area contributed by atoms with Gasteiger partial charge in [-0.2, -0.15) is 0 Å². The molecular weight excluding hydrogens is 324 g/mol. The summed E-state index contributed by atoms with van der Waals surface area (Å²) >= 11 is 5.85. The van der Waals surface area contributed by atoms with Crippen molar-refractivity contribution >= 4 is 23.3 Å². The zero-order valence-corrected chi connectivity index (χ0v) is 14.6. The maximum absolute atomic E-state index is 12.0. The lowest BCUT2D eigenvalue weighted by Gasteiger charge is -2.07. The second-order valence-electron chi connectivity index (χ2n) is 5.55. The van der Waals surface area contributed by atoms with Gasteiger partial charge in [-0.1, -0.05) is 43.5 Å². The normalized spacial score (nSPS) is 10.4. The highest BCUT2D eigenvalue weighted by Crippen LogP contribution is 2.09. The Morgan fingerprint density at radius 1 is 1.08 bits per heavy atom. The molecule has 24 heavy (non-hydrogen) atoms. The zero-order chi connectivity index (χ0) is 17.2. The van der Waals surface area contributed by atoms with Gasteiger partial charge >= 0.3 is 0 Å². The van der Waals surface area contributed by atoms with E-state index >= 15 is 0 Å². The third kappa shape index (κ3) is 6.16. The van der Waals surface area contributed by atoms with Gasteiger partial charge in [0, 0.05) is 18.1 Å². The van der Waals surface area contributed by atoms with Crippen LogP contribution in [0.25, 0.3) is 0 Å². The van der Waals surface area contributed by atoms with Crippen molar-refractivity contribution in [3.63, 3.8) is 0 Å². The number of nitrogens with zero attached hydrogens (tertiary/aromatic N) is 2. The van der Waals surface area contributed by atoms with Crippen molar-refractivity contribution in [1.29, 1.82) is 0 Å². The number of halogens is 1.